The van der Waals surface area contributed by atoms with E-state index in [0.29, 0.717) is 17.3 Å². The van der Waals surface area contributed by atoms with Gasteiger partial charge < -0.3 is 9.42 Å². The lowest BCUT2D eigenvalue weighted by Crippen LogP contribution is -2.36. The molecule has 0 bridgehead atoms. The standard InChI is InChI=1S/C22H25N3O2/c1-14(2)25(22(26)19-11-8-16(4)17(5)12-19)13-20-23-21(24-27-20)18-9-6-15(3)7-10-18/h6-12,14H,13H2,1-5H3. The average molecular weight is 363 g/mol. The van der Waals surface area contributed by atoms with Crippen molar-refractivity contribution in [2.45, 2.75) is 47.2 Å². The number of amides is 1. The zero-order valence-corrected chi connectivity index (χ0v) is 16.5. The highest BCUT2D eigenvalue weighted by atomic mass is 16.5. The van der Waals surface area contributed by atoms with Crippen molar-refractivity contribution in [2.24, 2.45) is 0 Å². The summed E-state index contributed by atoms with van der Waals surface area (Å²) in [5, 5.41) is 4.06. The minimum Gasteiger partial charge on any atom is -0.337 e. The number of aryl methyl sites for hydroxylation is 3. The molecule has 0 atom stereocenters. The molecule has 2 aromatic carbocycles. The molecule has 1 aromatic heterocycles. The highest BCUT2D eigenvalue weighted by molar-refractivity contribution is 5.94. The van der Waals surface area contributed by atoms with Crippen molar-refractivity contribution in [3.63, 3.8) is 0 Å². The third-order valence-corrected chi connectivity index (χ3v) is 4.72. The van der Waals surface area contributed by atoms with Crippen molar-refractivity contribution in [2.75, 3.05) is 0 Å². The fourth-order valence-electron chi connectivity index (χ4n) is 2.81. The van der Waals surface area contributed by atoms with Crippen molar-refractivity contribution in [1.29, 1.82) is 0 Å². The van der Waals surface area contributed by atoms with E-state index < -0.39 is 0 Å². The molecular weight excluding hydrogens is 338 g/mol. The summed E-state index contributed by atoms with van der Waals surface area (Å²) in [5.41, 5.74) is 5.01. The summed E-state index contributed by atoms with van der Waals surface area (Å²) >= 11 is 0. The topological polar surface area (TPSA) is 59.2 Å². The van der Waals surface area contributed by atoms with Gasteiger partial charge in [-0.05, 0) is 57.9 Å². The largest absolute Gasteiger partial charge is 0.337 e. The molecule has 0 unspecified atom stereocenters. The minimum absolute atomic E-state index is 0.00818. The number of carbonyl (C=O) groups excluding carboxylic acids is 1. The highest BCUT2D eigenvalue weighted by Crippen LogP contribution is 2.19. The lowest BCUT2D eigenvalue weighted by Gasteiger charge is -2.25. The normalized spacial score (nSPS) is 11.0. The van der Waals surface area contributed by atoms with E-state index >= 15 is 0 Å². The molecule has 0 aliphatic carbocycles. The first-order chi connectivity index (χ1) is 12.8. The summed E-state index contributed by atoms with van der Waals surface area (Å²) < 4.78 is 5.40. The predicted octanol–water partition coefficient (Wildman–Crippen LogP) is 4.71. The first kappa shape index (κ1) is 18.8. The molecular formula is C22H25N3O2. The molecule has 1 amide bonds. The number of rotatable bonds is 5. The molecule has 0 saturated carbocycles. The molecule has 0 aliphatic heterocycles. The maximum Gasteiger partial charge on any atom is 0.254 e. The number of benzene rings is 2. The zero-order chi connectivity index (χ0) is 19.6. The SMILES string of the molecule is Cc1ccc(-c2noc(CN(C(=O)c3ccc(C)c(C)c3)C(C)C)n2)cc1. The second-order valence-corrected chi connectivity index (χ2v) is 7.20. The van der Waals surface area contributed by atoms with E-state index in [0.717, 1.165) is 11.1 Å². The van der Waals surface area contributed by atoms with Crippen LogP contribution in [0.5, 0.6) is 0 Å². The molecule has 27 heavy (non-hydrogen) atoms. The Kier molecular flexibility index (Phi) is 5.40. The van der Waals surface area contributed by atoms with Gasteiger partial charge in [0.1, 0.15) is 6.54 Å². The van der Waals surface area contributed by atoms with E-state index in [4.69, 9.17) is 4.52 Å². The number of hydrogen-bond acceptors (Lipinski definition) is 4. The van der Waals surface area contributed by atoms with E-state index in [-0.39, 0.29) is 18.5 Å². The molecule has 3 aromatic rings. The monoisotopic (exact) mass is 363 g/mol. The summed E-state index contributed by atoms with van der Waals surface area (Å²) in [5.74, 6) is 0.923. The van der Waals surface area contributed by atoms with Gasteiger partial charge in [-0.25, -0.2) is 0 Å². The maximum absolute atomic E-state index is 13.0. The second-order valence-electron chi connectivity index (χ2n) is 7.20. The van der Waals surface area contributed by atoms with Gasteiger partial charge in [-0.3, -0.25) is 4.79 Å². The van der Waals surface area contributed by atoms with Crippen LogP contribution in [0.3, 0.4) is 0 Å². The zero-order valence-electron chi connectivity index (χ0n) is 16.5. The Morgan fingerprint density at radius 3 is 2.37 bits per heavy atom. The molecule has 0 radical (unpaired) electrons. The Morgan fingerprint density at radius 1 is 1.04 bits per heavy atom. The molecule has 0 spiro atoms. The quantitative estimate of drug-likeness (QED) is 0.658. The van der Waals surface area contributed by atoms with E-state index in [1.165, 1.54) is 11.1 Å². The maximum atomic E-state index is 13.0. The Labute approximate surface area is 160 Å². The van der Waals surface area contributed by atoms with Gasteiger partial charge in [-0.2, -0.15) is 4.98 Å². The van der Waals surface area contributed by atoms with Gasteiger partial charge in [-0.15, -0.1) is 0 Å². The van der Waals surface area contributed by atoms with Crippen LogP contribution in [-0.4, -0.2) is 27.0 Å². The Balaban J connectivity index is 1.81. The van der Waals surface area contributed by atoms with Crippen LogP contribution in [0.15, 0.2) is 47.0 Å². The van der Waals surface area contributed by atoms with Crippen LogP contribution < -0.4 is 0 Å². The number of hydrogen-bond donors (Lipinski definition) is 0. The van der Waals surface area contributed by atoms with Gasteiger partial charge in [0, 0.05) is 17.2 Å². The first-order valence-corrected chi connectivity index (χ1v) is 9.13. The van der Waals surface area contributed by atoms with Crippen molar-refractivity contribution >= 4 is 5.91 Å². The molecule has 0 N–H and O–H groups in total. The predicted molar refractivity (Wildman–Crippen MR) is 105 cm³/mol. The van der Waals surface area contributed by atoms with Crippen LogP contribution in [0.2, 0.25) is 0 Å². The fraction of sp³-hybridized carbons (Fsp3) is 0.318. The van der Waals surface area contributed by atoms with E-state index in [1.54, 1.807) is 4.90 Å². The number of nitrogens with zero attached hydrogens (tertiary/aromatic N) is 3. The van der Waals surface area contributed by atoms with Crippen LogP contribution in [0, 0.1) is 20.8 Å². The van der Waals surface area contributed by atoms with E-state index in [1.807, 2.05) is 77.1 Å². The summed E-state index contributed by atoms with van der Waals surface area (Å²) in [6, 6.07) is 13.7. The Bertz CT molecular complexity index is 942. The van der Waals surface area contributed by atoms with Gasteiger partial charge in [-0.1, -0.05) is 41.1 Å². The van der Waals surface area contributed by atoms with Crippen molar-refractivity contribution in [3.05, 3.63) is 70.6 Å². The van der Waals surface area contributed by atoms with Crippen LogP contribution in [-0.2, 0) is 6.54 Å². The Morgan fingerprint density at radius 2 is 1.74 bits per heavy atom. The molecule has 0 saturated heterocycles. The average Bonchev–Trinajstić information content (AvgIpc) is 3.10. The summed E-state index contributed by atoms with van der Waals surface area (Å²) in [6.45, 7) is 10.3. The van der Waals surface area contributed by atoms with Crippen molar-refractivity contribution in [3.8, 4) is 11.4 Å². The van der Waals surface area contributed by atoms with Gasteiger partial charge in [0.15, 0.2) is 0 Å². The number of carbonyl (C=O) groups is 1. The molecule has 0 aliphatic rings. The highest BCUT2D eigenvalue weighted by Gasteiger charge is 2.22. The molecule has 5 nitrogen and oxygen atoms in total. The molecule has 3 rings (SSSR count). The van der Waals surface area contributed by atoms with Crippen LogP contribution in [0.1, 0.15) is 46.8 Å². The Hall–Kier alpha value is -2.95. The number of aromatic nitrogens is 2. The fourth-order valence-corrected chi connectivity index (χ4v) is 2.81. The first-order valence-electron chi connectivity index (χ1n) is 9.13. The third-order valence-electron chi connectivity index (χ3n) is 4.72. The molecule has 140 valence electrons. The van der Waals surface area contributed by atoms with Crippen molar-refractivity contribution < 1.29 is 9.32 Å². The smallest absolute Gasteiger partial charge is 0.254 e. The molecule has 5 heteroatoms. The minimum atomic E-state index is -0.0387. The van der Waals surface area contributed by atoms with Crippen LogP contribution in [0.4, 0.5) is 0 Å². The van der Waals surface area contributed by atoms with E-state index in [9.17, 15) is 4.79 Å². The van der Waals surface area contributed by atoms with E-state index in [2.05, 4.69) is 10.1 Å². The van der Waals surface area contributed by atoms with Gasteiger partial charge in [0.2, 0.25) is 11.7 Å². The lowest BCUT2D eigenvalue weighted by atomic mass is 10.1. The summed E-state index contributed by atoms with van der Waals surface area (Å²) in [6.07, 6.45) is 0. The van der Waals surface area contributed by atoms with Gasteiger partial charge >= 0.3 is 0 Å². The van der Waals surface area contributed by atoms with Gasteiger partial charge in [0.05, 0.1) is 0 Å². The van der Waals surface area contributed by atoms with Crippen LogP contribution >= 0.6 is 0 Å². The van der Waals surface area contributed by atoms with Gasteiger partial charge in [0.25, 0.3) is 5.91 Å². The van der Waals surface area contributed by atoms with Crippen LogP contribution in [0.25, 0.3) is 11.4 Å². The lowest BCUT2D eigenvalue weighted by molar-refractivity contribution is 0.0667. The third kappa shape index (κ3) is 4.25. The summed E-state index contributed by atoms with van der Waals surface area (Å²) in [4.78, 5) is 19.2. The molecule has 1 heterocycles. The second kappa shape index (κ2) is 7.74. The molecule has 0 fully saturated rings. The van der Waals surface area contributed by atoms with Crippen molar-refractivity contribution in [1.82, 2.24) is 15.0 Å². The summed E-state index contributed by atoms with van der Waals surface area (Å²) in [7, 11) is 0.